The zero-order valence-corrected chi connectivity index (χ0v) is 11.5. The van der Waals surface area contributed by atoms with E-state index in [1.165, 1.54) is 23.5 Å². The first-order valence-corrected chi connectivity index (χ1v) is 6.95. The van der Waals surface area contributed by atoms with Gasteiger partial charge in [-0.25, -0.2) is 0 Å². The van der Waals surface area contributed by atoms with Crippen LogP contribution in [0.25, 0.3) is 11.5 Å². The van der Waals surface area contributed by atoms with Gasteiger partial charge in [-0.05, 0) is 31.9 Å². The van der Waals surface area contributed by atoms with Gasteiger partial charge in [0.1, 0.15) is 0 Å². The Morgan fingerprint density at radius 2 is 2.30 bits per heavy atom. The molecule has 0 saturated heterocycles. The molecule has 2 heterocycles. The summed E-state index contributed by atoms with van der Waals surface area (Å²) in [5.74, 6) is 1.03. The SMILES string of the molecule is Cn1ccc(-c2nnc(CCCNC3CC3)o2)cc1=O. The van der Waals surface area contributed by atoms with E-state index in [0.29, 0.717) is 17.3 Å². The fourth-order valence-electron chi connectivity index (χ4n) is 1.99. The molecule has 0 atom stereocenters. The van der Waals surface area contributed by atoms with E-state index >= 15 is 0 Å². The van der Waals surface area contributed by atoms with Crippen molar-refractivity contribution in [2.45, 2.75) is 31.7 Å². The molecule has 0 amide bonds. The van der Waals surface area contributed by atoms with E-state index in [9.17, 15) is 4.79 Å². The fourth-order valence-corrected chi connectivity index (χ4v) is 1.99. The van der Waals surface area contributed by atoms with Crippen LogP contribution in [0.3, 0.4) is 0 Å². The van der Waals surface area contributed by atoms with Crippen LogP contribution in [0.1, 0.15) is 25.2 Å². The zero-order chi connectivity index (χ0) is 13.9. The van der Waals surface area contributed by atoms with Gasteiger partial charge in [0.25, 0.3) is 5.56 Å². The van der Waals surface area contributed by atoms with Crippen molar-refractivity contribution in [3.63, 3.8) is 0 Å². The number of hydrogen-bond donors (Lipinski definition) is 1. The van der Waals surface area contributed by atoms with Crippen molar-refractivity contribution in [2.24, 2.45) is 7.05 Å². The summed E-state index contributed by atoms with van der Waals surface area (Å²) in [6.45, 7) is 0.980. The lowest BCUT2D eigenvalue weighted by molar-refractivity contribution is 0.490. The van der Waals surface area contributed by atoms with Crippen LogP contribution in [-0.2, 0) is 13.5 Å². The molecule has 1 N–H and O–H groups in total. The van der Waals surface area contributed by atoms with Crippen LogP contribution in [0.4, 0.5) is 0 Å². The first kappa shape index (κ1) is 13.1. The van der Waals surface area contributed by atoms with E-state index in [-0.39, 0.29) is 5.56 Å². The molecule has 106 valence electrons. The fraction of sp³-hybridized carbons (Fsp3) is 0.500. The van der Waals surface area contributed by atoms with Gasteiger partial charge in [0.15, 0.2) is 0 Å². The summed E-state index contributed by atoms with van der Waals surface area (Å²) in [7, 11) is 1.71. The minimum absolute atomic E-state index is 0.0871. The van der Waals surface area contributed by atoms with Crippen molar-refractivity contribution >= 4 is 0 Å². The number of aryl methyl sites for hydroxylation is 2. The van der Waals surface area contributed by atoms with Crippen molar-refractivity contribution in [3.05, 3.63) is 34.6 Å². The summed E-state index contributed by atoms with van der Waals surface area (Å²) in [5.41, 5.74) is 0.582. The molecule has 0 spiro atoms. The molecule has 0 radical (unpaired) electrons. The monoisotopic (exact) mass is 274 g/mol. The quantitative estimate of drug-likeness (QED) is 0.799. The molecule has 20 heavy (non-hydrogen) atoms. The molecule has 1 saturated carbocycles. The van der Waals surface area contributed by atoms with E-state index < -0.39 is 0 Å². The molecular weight excluding hydrogens is 256 g/mol. The van der Waals surface area contributed by atoms with Gasteiger partial charge in [-0.1, -0.05) is 0 Å². The topological polar surface area (TPSA) is 73.0 Å². The highest BCUT2D eigenvalue weighted by Crippen LogP contribution is 2.19. The standard InChI is InChI=1S/C14H18N4O2/c1-18-8-6-10(9-13(18)19)14-17-16-12(20-14)3-2-7-15-11-4-5-11/h6,8-9,11,15H,2-5,7H2,1H3. The van der Waals surface area contributed by atoms with Crippen molar-refractivity contribution < 1.29 is 4.42 Å². The third-order valence-corrected chi connectivity index (χ3v) is 3.40. The summed E-state index contributed by atoms with van der Waals surface area (Å²) >= 11 is 0. The van der Waals surface area contributed by atoms with Gasteiger partial charge in [-0.3, -0.25) is 4.79 Å². The van der Waals surface area contributed by atoms with Crippen molar-refractivity contribution in [1.29, 1.82) is 0 Å². The Morgan fingerprint density at radius 1 is 1.45 bits per heavy atom. The summed E-state index contributed by atoms with van der Waals surface area (Å²) < 4.78 is 7.09. The van der Waals surface area contributed by atoms with E-state index in [1.54, 1.807) is 19.3 Å². The molecule has 0 aliphatic heterocycles. The lowest BCUT2D eigenvalue weighted by Gasteiger charge is -1.99. The predicted molar refractivity (Wildman–Crippen MR) is 74.3 cm³/mol. The highest BCUT2D eigenvalue weighted by molar-refractivity contribution is 5.50. The number of hydrogen-bond acceptors (Lipinski definition) is 5. The molecule has 0 unspecified atom stereocenters. The number of pyridine rings is 1. The Bertz CT molecular complexity index is 643. The molecule has 1 aliphatic carbocycles. The van der Waals surface area contributed by atoms with Gasteiger partial charge in [-0.2, -0.15) is 0 Å². The van der Waals surface area contributed by atoms with E-state index in [4.69, 9.17) is 4.42 Å². The van der Waals surface area contributed by atoms with Crippen LogP contribution in [0.2, 0.25) is 0 Å². The van der Waals surface area contributed by atoms with Gasteiger partial charge >= 0.3 is 0 Å². The van der Waals surface area contributed by atoms with E-state index in [1.807, 2.05) is 0 Å². The van der Waals surface area contributed by atoms with Crippen molar-refractivity contribution in [1.82, 2.24) is 20.1 Å². The highest BCUT2D eigenvalue weighted by Gasteiger charge is 2.19. The lowest BCUT2D eigenvalue weighted by atomic mass is 10.2. The van der Waals surface area contributed by atoms with E-state index in [2.05, 4.69) is 15.5 Å². The van der Waals surface area contributed by atoms with Crippen LogP contribution < -0.4 is 10.9 Å². The minimum Gasteiger partial charge on any atom is -0.421 e. The zero-order valence-electron chi connectivity index (χ0n) is 11.5. The van der Waals surface area contributed by atoms with Gasteiger partial charge in [-0.15, -0.1) is 10.2 Å². The molecule has 0 aromatic carbocycles. The maximum atomic E-state index is 11.6. The molecule has 1 fully saturated rings. The second kappa shape index (κ2) is 5.58. The Morgan fingerprint density at radius 3 is 3.05 bits per heavy atom. The summed E-state index contributed by atoms with van der Waals surface area (Å²) in [4.78, 5) is 11.6. The first-order chi connectivity index (χ1) is 9.72. The minimum atomic E-state index is -0.0871. The molecular formula is C14H18N4O2. The third-order valence-electron chi connectivity index (χ3n) is 3.40. The van der Waals surface area contributed by atoms with Crippen LogP contribution in [-0.4, -0.2) is 27.4 Å². The second-order valence-corrected chi connectivity index (χ2v) is 5.20. The molecule has 2 aromatic heterocycles. The van der Waals surface area contributed by atoms with Crippen LogP contribution in [0.15, 0.2) is 27.5 Å². The van der Waals surface area contributed by atoms with Gasteiger partial charge in [0.2, 0.25) is 11.8 Å². The second-order valence-electron chi connectivity index (χ2n) is 5.20. The predicted octanol–water partition coefficient (Wildman–Crippen LogP) is 1.12. The third kappa shape index (κ3) is 3.14. The normalized spacial score (nSPS) is 14.7. The Kier molecular flexibility index (Phi) is 3.64. The van der Waals surface area contributed by atoms with Gasteiger partial charge in [0.05, 0.1) is 0 Å². The number of rotatable bonds is 6. The summed E-state index contributed by atoms with van der Waals surface area (Å²) in [6, 6.07) is 4.04. The lowest BCUT2D eigenvalue weighted by Crippen LogP contribution is -2.17. The van der Waals surface area contributed by atoms with Crippen molar-refractivity contribution in [3.8, 4) is 11.5 Å². The largest absolute Gasteiger partial charge is 0.421 e. The smallest absolute Gasteiger partial charge is 0.251 e. The van der Waals surface area contributed by atoms with Crippen LogP contribution >= 0.6 is 0 Å². The Labute approximate surface area is 116 Å². The molecule has 1 aliphatic rings. The number of aromatic nitrogens is 3. The molecule has 3 rings (SSSR count). The average molecular weight is 274 g/mol. The molecule has 6 nitrogen and oxygen atoms in total. The highest BCUT2D eigenvalue weighted by atomic mass is 16.4. The molecule has 6 heteroatoms. The maximum absolute atomic E-state index is 11.6. The molecule has 2 aromatic rings. The Balaban J connectivity index is 1.60. The number of nitrogens with zero attached hydrogens (tertiary/aromatic N) is 3. The maximum Gasteiger partial charge on any atom is 0.251 e. The van der Waals surface area contributed by atoms with Crippen LogP contribution in [0, 0.1) is 0 Å². The average Bonchev–Trinajstić information content (AvgIpc) is 3.15. The van der Waals surface area contributed by atoms with Gasteiger partial charge < -0.3 is 14.3 Å². The Hall–Kier alpha value is -1.95. The van der Waals surface area contributed by atoms with Crippen molar-refractivity contribution in [2.75, 3.05) is 6.54 Å². The molecule has 0 bridgehead atoms. The van der Waals surface area contributed by atoms with E-state index in [0.717, 1.165) is 25.4 Å². The number of nitrogens with one attached hydrogen (secondary N) is 1. The first-order valence-electron chi connectivity index (χ1n) is 6.95. The summed E-state index contributed by atoms with van der Waals surface area (Å²) in [6.07, 6.45) is 6.04. The van der Waals surface area contributed by atoms with Gasteiger partial charge in [0, 0.05) is 37.3 Å². The summed E-state index contributed by atoms with van der Waals surface area (Å²) in [5, 5.41) is 11.5. The van der Waals surface area contributed by atoms with Crippen LogP contribution in [0.5, 0.6) is 0 Å².